The third-order valence-electron chi connectivity index (χ3n) is 3.73. The fourth-order valence-electron chi connectivity index (χ4n) is 2.60. The molecule has 0 aliphatic heterocycles. The lowest BCUT2D eigenvalue weighted by atomic mass is 10.2. The second-order valence-corrected chi connectivity index (χ2v) is 6.17. The van der Waals surface area contributed by atoms with E-state index in [1.165, 1.54) is 24.8 Å². The smallest absolute Gasteiger partial charge is 0.175 e. The maximum absolute atomic E-state index is 5.61. The maximum atomic E-state index is 5.61. The van der Waals surface area contributed by atoms with E-state index >= 15 is 0 Å². The van der Waals surface area contributed by atoms with Crippen molar-refractivity contribution in [3.8, 4) is 11.5 Å². The highest BCUT2D eigenvalue weighted by atomic mass is 79.9. The highest BCUT2D eigenvalue weighted by Crippen LogP contribution is 2.38. The van der Waals surface area contributed by atoms with E-state index in [-0.39, 0.29) is 0 Å². The lowest BCUT2D eigenvalue weighted by molar-refractivity contribution is 0.308. The molecule has 1 aliphatic rings. The summed E-state index contributed by atoms with van der Waals surface area (Å²) >= 11 is 3.57. The number of methoxy groups -OCH3 is 1. The van der Waals surface area contributed by atoms with Gasteiger partial charge in [-0.3, -0.25) is 0 Å². The largest absolute Gasteiger partial charge is 0.493 e. The average Bonchev–Trinajstić information content (AvgIpc) is 3.18. The summed E-state index contributed by atoms with van der Waals surface area (Å²) in [5, 5.41) is 3.62. The van der Waals surface area contributed by atoms with Crippen LogP contribution in [0.25, 0.3) is 0 Å². The van der Waals surface area contributed by atoms with Crippen LogP contribution >= 0.6 is 15.9 Å². The van der Waals surface area contributed by atoms with Crippen LogP contribution in [0.3, 0.4) is 0 Å². The molecule has 2 atom stereocenters. The second-order valence-electron chi connectivity index (χ2n) is 5.31. The van der Waals surface area contributed by atoms with Gasteiger partial charge in [0.15, 0.2) is 11.5 Å². The summed E-state index contributed by atoms with van der Waals surface area (Å²) in [5.41, 5.74) is 1.22. The van der Waals surface area contributed by atoms with E-state index in [0.29, 0.717) is 12.6 Å². The fourth-order valence-corrected chi connectivity index (χ4v) is 3.20. The molecule has 1 aromatic carbocycles. The van der Waals surface area contributed by atoms with Gasteiger partial charge in [-0.2, -0.15) is 0 Å². The first-order valence-corrected chi connectivity index (χ1v) is 8.21. The summed E-state index contributed by atoms with van der Waals surface area (Å²) in [6.07, 6.45) is 3.95. The Morgan fingerprint density at radius 2 is 2.15 bits per heavy atom. The Labute approximate surface area is 130 Å². The highest BCUT2D eigenvalue weighted by molar-refractivity contribution is 9.10. The molecule has 0 aromatic heterocycles. The molecule has 1 aliphatic carbocycles. The van der Waals surface area contributed by atoms with Crippen LogP contribution in [0, 0.1) is 5.92 Å². The molecule has 0 heterocycles. The molecule has 1 aromatic rings. The Kier molecular flexibility index (Phi) is 5.73. The summed E-state index contributed by atoms with van der Waals surface area (Å²) in [5.74, 6) is 2.46. The number of nitrogens with one attached hydrogen (secondary N) is 1. The van der Waals surface area contributed by atoms with Gasteiger partial charge in [0, 0.05) is 12.6 Å². The monoisotopic (exact) mass is 341 g/mol. The Hall–Kier alpha value is -0.740. The standard InChI is InChI=1S/C16H24BrNO2/c1-4-6-12-9-14(12)18-10-11-7-13(17)16(20-5-2)15(8-11)19-3/h7-8,12,14,18H,4-6,9-10H2,1-3H3. The van der Waals surface area contributed by atoms with Crippen molar-refractivity contribution < 1.29 is 9.47 Å². The zero-order chi connectivity index (χ0) is 14.5. The summed E-state index contributed by atoms with van der Waals surface area (Å²) in [6.45, 7) is 5.74. The number of ether oxygens (including phenoxy) is 2. The van der Waals surface area contributed by atoms with Gasteiger partial charge < -0.3 is 14.8 Å². The van der Waals surface area contributed by atoms with Gasteiger partial charge in [0.1, 0.15) is 0 Å². The topological polar surface area (TPSA) is 30.5 Å². The minimum absolute atomic E-state index is 0.632. The molecule has 112 valence electrons. The quantitative estimate of drug-likeness (QED) is 0.770. The van der Waals surface area contributed by atoms with E-state index < -0.39 is 0 Å². The van der Waals surface area contributed by atoms with Crippen LogP contribution in [-0.4, -0.2) is 19.8 Å². The molecule has 2 unspecified atom stereocenters. The number of benzene rings is 1. The Morgan fingerprint density at radius 3 is 2.80 bits per heavy atom. The predicted octanol–water partition coefficient (Wildman–Crippen LogP) is 4.13. The van der Waals surface area contributed by atoms with Crippen molar-refractivity contribution >= 4 is 15.9 Å². The van der Waals surface area contributed by atoms with E-state index in [0.717, 1.165) is 28.4 Å². The molecular weight excluding hydrogens is 318 g/mol. The SMILES string of the molecule is CCCC1CC1NCc1cc(Br)c(OCC)c(OC)c1. The lowest BCUT2D eigenvalue weighted by Gasteiger charge is -2.13. The maximum Gasteiger partial charge on any atom is 0.175 e. The molecule has 20 heavy (non-hydrogen) atoms. The summed E-state index contributed by atoms with van der Waals surface area (Å²) in [6, 6.07) is 4.86. The Bertz CT molecular complexity index is 450. The van der Waals surface area contributed by atoms with Gasteiger partial charge in [-0.25, -0.2) is 0 Å². The van der Waals surface area contributed by atoms with Crippen LogP contribution < -0.4 is 14.8 Å². The molecule has 1 saturated carbocycles. The average molecular weight is 342 g/mol. The summed E-state index contributed by atoms with van der Waals surface area (Å²) < 4.78 is 12.0. The first-order valence-electron chi connectivity index (χ1n) is 7.42. The van der Waals surface area contributed by atoms with E-state index in [1.54, 1.807) is 7.11 Å². The number of hydrogen-bond donors (Lipinski definition) is 1. The van der Waals surface area contributed by atoms with Gasteiger partial charge in [0.2, 0.25) is 0 Å². The molecule has 1 N–H and O–H groups in total. The van der Waals surface area contributed by atoms with Crippen molar-refractivity contribution in [2.45, 2.75) is 45.7 Å². The molecule has 0 radical (unpaired) electrons. The van der Waals surface area contributed by atoms with Crippen LogP contribution in [0.1, 0.15) is 38.7 Å². The Balaban J connectivity index is 1.97. The van der Waals surface area contributed by atoms with Crippen molar-refractivity contribution in [3.63, 3.8) is 0 Å². The zero-order valence-corrected chi connectivity index (χ0v) is 14.1. The summed E-state index contributed by atoms with van der Waals surface area (Å²) in [7, 11) is 1.68. The molecule has 3 nitrogen and oxygen atoms in total. The molecular formula is C16H24BrNO2. The zero-order valence-electron chi connectivity index (χ0n) is 12.5. The molecule has 0 bridgehead atoms. The van der Waals surface area contributed by atoms with E-state index in [1.807, 2.05) is 6.92 Å². The lowest BCUT2D eigenvalue weighted by Crippen LogP contribution is -2.17. The van der Waals surface area contributed by atoms with E-state index in [4.69, 9.17) is 9.47 Å². The normalized spacial score (nSPS) is 20.8. The van der Waals surface area contributed by atoms with Crippen LogP contribution in [-0.2, 0) is 6.54 Å². The van der Waals surface area contributed by atoms with Crippen LogP contribution in [0.2, 0.25) is 0 Å². The van der Waals surface area contributed by atoms with Gasteiger partial charge in [-0.15, -0.1) is 0 Å². The molecule has 0 saturated heterocycles. The van der Waals surface area contributed by atoms with Crippen LogP contribution in [0.15, 0.2) is 16.6 Å². The predicted molar refractivity (Wildman–Crippen MR) is 85.5 cm³/mol. The van der Waals surface area contributed by atoms with E-state index in [2.05, 4.69) is 40.3 Å². The highest BCUT2D eigenvalue weighted by Gasteiger charge is 2.35. The van der Waals surface area contributed by atoms with Crippen LogP contribution in [0.5, 0.6) is 11.5 Å². The van der Waals surface area contributed by atoms with Crippen molar-refractivity contribution in [3.05, 3.63) is 22.2 Å². The fraction of sp³-hybridized carbons (Fsp3) is 0.625. The van der Waals surface area contributed by atoms with E-state index in [9.17, 15) is 0 Å². The first kappa shape index (κ1) is 15.6. The minimum atomic E-state index is 0.632. The van der Waals surface area contributed by atoms with Crippen molar-refractivity contribution in [1.29, 1.82) is 0 Å². The number of rotatable bonds is 8. The number of halogens is 1. The Morgan fingerprint density at radius 1 is 1.35 bits per heavy atom. The molecule has 0 amide bonds. The molecule has 4 heteroatoms. The van der Waals surface area contributed by atoms with Crippen molar-refractivity contribution in [2.75, 3.05) is 13.7 Å². The third kappa shape index (κ3) is 3.89. The van der Waals surface area contributed by atoms with Crippen molar-refractivity contribution in [1.82, 2.24) is 5.32 Å². The third-order valence-corrected chi connectivity index (χ3v) is 4.32. The van der Waals surface area contributed by atoms with Gasteiger partial charge >= 0.3 is 0 Å². The second kappa shape index (κ2) is 7.32. The number of hydrogen-bond acceptors (Lipinski definition) is 3. The first-order chi connectivity index (χ1) is 9.69. The molecule has 0 spiro atoms. The molecule has 2 rings (SSSR count). The summed E-state index contributed by atoms with van der Waals surface area (Å²) in [4.78, 5) is 0. The van der Waals surface area contributed by atoms with Gasteiger partial charge in [0.25, 0.3) is 0 Å². The van der Waals surface area contributed by atoms with Crippen LogP contribution in [0.4, 0.5) is 0 Å². The minimum Gasteiger partial charge on any atom is -0.493 e. The van der Waals surface area contributed by atoms with Crippen molar-refractivity contribution in [2.24, 2.45) is 5.92 Å². The molecule has 1 fully saturated rings. The van der Waals surface area contributed by atoms with Gasteiger partial charge in [-0.05, 0) is 59.3 Å². The van der Waals surface area contributed by atoms with Gasteiger partial charge in [0.05, 0.1) is 18.2 Å². The van der Waals surface area contributed by atoms with Gasteiger partial charge in [-0.1, -0.05) is 13.3 Å².